The minimum atomic E-state index is -1.02. The zero-order chi connectivity index (χ0) is 15.4. The van der Waals surface area contributed by atoms with Crippen LogP contribution in [0.3, 0.4) is 0 Å². The highest BCUT2D eigenvalue weighted by Gasteiger charge is 2.20. The molecule has 2 aromatic rings. The molecule has 0 amide bonds. The van der Waals surface area contributed by atoms with Gasteiger partial charge in [-0.3, -0.25) is 0 Å². The van der Waals surface area contributed by atoms with Crippen LogP contribution in [-0.2, 0) is 11.3 Å². The number of methoxy groups -OCH3 is 1. The maximum absolute atomic E-state index is 14.0. The summed E-state index contributed by atoms with van der Waals surface area (Å²) in [5, 5.41) is 12.9. The van der Waals surface area contributed by atoms with Crippen LogP contribution in [0.25, 0.3) is 10.1 Å². The number of halogens is 1. The summed E-state index contributed by atoms with van der Waals surface area (Å²) < 4.78 is 19.7. The van der Waals surface area contributed by atoms with Crippen molar-refractivity contribution in [3.8, 4) is 0 Å². The molecule has 1 aromatic carbocycles. The van der Waals surface area contributed by atoms with E-state index in [1.807, 2.05) is 6.92 Å². The van der Waals surface area contributed by atoms with Crippen LogP contribution in [0.15, 0.2) is 18.2 Å². The van der Waals surface area contributed by atoms with Crippen molar-refractivity contribution in [2.24, 2.45) is 0 Å². The molecule has 0 bridgehead atoms. The lowest BCUT2D eigenvalue weighted by molar-refractivity contribution is 0.0701. The van der Waals surface area contributed by atoms with E-state index in [4.69, 9.17) is 4.74 Å². The van der Waals surface area contributed by atoms with Crippen molar-refractivity contribution >= 4 is 27.4 Å². The number of fused-ring (bicyclic) bond motifs is 1. The Kier molecular flexibility index (Phi) is 5.27. The number of nitrogens with one attached hydrogen (secondary N) is 1. The van der Waals surface area contributed by atoms with E-state index in [0.717, 1.165) is 17.8 Å². The zero-order valence-corrected chi connectivity index (χ0v) is 12.8. The van der Waals surface area contributed by atoms with E-state index < -0.39 is 5.97 Å². The molecule has 21 heavy (non-hydrogen) atoms. The van der Waals surface area contributed by atoms with Crippen LogP contribution in [0.5, 0.6) is 0 Å². The van der Waals surface area contributed by atoms with Gasteiger partial charge in [-0.05, 0) is 25.5 Å². The summed E-state index contributed by atoms with van der Waals surface area (Å²) >= 11 is 1.11. The second-order valence-electron chi connectivity index (χ2n) is 4.89. The molecular weight excluding hydrogens is 293 g/mol. The summed E-state index contributed by atoms with van der Waals surface area (Å²) in [6.45, 7) is 2.94. The number of hydrogen-bond acceptors (Lipinski definition) is 4. The Morgan fingerprint density at radius 3 is 2.95 bits per heavy atom. The molecule has 1 atom stereocenters. The molecule has 114 valence electrons. The third-order valence-electron chi connectivity index (χ3n) is 3.34. The van der Waals surface area contributed by atoms with E-state index in [9.17, 15) is 14.3 Å². The Morgan fingerprint density at radius 2 is 2.29 bits per heavy atom. The number of thiophene rings is 1. The van der Waals surface area contributed by atoms with Gasteiger partial charge in [-0.2, -0.15) is 0 Å². The van der Waals surface area contributed by atoms with Gasteiger partial charge in [-0.25, -0.2) is 9.18 Å². The molecule has 0 saturated heterocycles. The van der Waals surface area contributed by atoms with Gasteiger partial charge in [0.1, 0.15) is 10.7 Å². The first-order valence-corrected chi connectivity index (χ1v) is 7.51. The Balaban J connectivity index is 2.28. The predicted molar refractivity (Wildman–Crippen MR) is 81.5 cm³/mol. The van der Waals surface area contributed by atoms with Crippen LogP contribution in [0, 0.1) is 5.82 Å². The summed E-state index contributed by atoms with van der Waals surface area (Å²) in [7, 11) is 1.64. The molecule has 1 aromatic heterocycles. The molecule has 0 spiro atoms. The van der Waals surface area contributed by atoms with Crippen molar-refractivity contribution in [3.05, 3.63) is 34.5 Å². The maximum Gasteiger partial charge on any atom is 0.346 e. The Morgan fingerprint density at radius 1 is 1.52 bits per heavy atom. The van der Waals surface area contributed by atoms with Crippen molar-refractivity contribution in [2.75, 3.05) is 13.7 Å². The lowest BCUT2D eigenvalue weighted by Gasteiger charge is -2.13. The van der Waals surface area contributed by atoms with Gasteiger partial charge in [0.25, 0.3) is 0 Å². The number of rotatable bonds is 7. The monoisotopic (exact) mass is 311 g/mol. The van der Waals surface area contributed by atoms with Crippen LogP contribution in [0.1, 0.15) is 28.6 Å². The van der Waals surface area contributed by atoms with Gasteiger partial charge in [0.2, 0.25) is 0 Å². The van der Waals surface area contributed by atoms with E-state index in [2.05, 4.69) is 5.32 Å². The van der Waals surface area contributed by atoms with E-state index in [1.54, 1.807) is 19.2 Å². The quantitative estimate of drug-likeness (QED) is 0.824. The molecule has 6 heteroatoms. The van der Waals surface area contributed by atoms with Crippen molar-refractivity contribution in [3.63, 3.8) is 0 Å². The highest BCUT2D eigenvalue weighted by Crippen LogP contribution is 2.33. The fourth-order valence-corrected chi connectivity index (χ4v) is 3.26. The summed E-state index contributed by atoms with van der Waals surface area (Å²) in [5.74, 6) is -1.39. The number of carboxylic acid groups (broad SMARTS) is 1. The minimum Gasteiger partial charge on any atom is -0.477 e. The highest BCUT2D eigenvalue weighted by atomic mass is 32.1. The van der Waals surface area contributed by atoms with Crippen LogP contribution in [0.4, 0.5) is 4.39 Å². The molecule has 1 heterocycles. The topological polar surface area (TPSA) is 58.6 Å². The van der Waals surface area contributed by atoms with Gasteiger partial charge in [0.05, 0.1) is 0 Å². The Labute approximate surface area is 126 Å². The lowest BCUT2D eigenvalue weighted by Crippen LogP contribution is -2.27. The molecule has 0 radical (unpaired) electrons. The molecule has 0 aliphatic heterocycles. The highest BCUT2D eigenvalue weighted by molar-refractivity contribution is 7.21. The molecule has 4 nitrogen and oxygen atoms in total. The van der Waals surface area contributed by atoms with E-state index in [-0.39, 0.29) is 16.7 Å². The van der Waals surface area contributed by atoms with Crippen molar-refractivity contribution in [1.82, 2.24) is 5.32 Å². The fraction of sp³-hybridized carbons (Fsp3) is 0.400. The molecule has 2 N–H and O–H groups in total. The van der Waals surface area contributed by atoms with Crippen LogP contribution >= 0.6 is 11.3 Å². The van der Waals surface area contributed by atoms with E-state index in [1.165, 1.54) is 6.07 Å². The number of carboxylic acids is 1. The smallest absolute Gasteiger partial charge is 0.346 e. The number of benzene rings is 1. The van der Waals surface area contributed by atoms with Crippen LogP contribution < -0.4 is 5.32 Å². The molecule has 0 aliphatic rings. The van der Waals surface area contributed by atoms with Crippen LogP contribution in [-0.4, -0.2) is 30.8 Å². The first-order chi connectivity index (χ1) is 10.0. The minimum absolute atomic E-state index is 0.160. The first-order valence-electron chi connectivity index (χ1n) is 6.70. The van der Waals surface area contributed by atoms with Crippen molar-refractivity contribution in [1.29, 1.82) is 0 Å². The number of ether oxygens (including phenoxy) is 1. The summed E-state index contributed by atoms with van der Waals surface area (Å²) in [4.78, 5) is 11.6. The molecule has 0 saturated carbocycles. The van der Waals surface area contributed by atoms with Gasteiger partial charge in [0.15, 0.2) is 0 Å². The normalized spacial score (nSPS) is 12.7. The molecule has 0 fully saturated rings. The van der Waals surface area contributed by atoms with E-state index in [0.29, 0.717) is 28.8 Å². The number of carbonyl (C=O) groups is 1. The average molecular weight is 311 g/mol. The van der Waals surface area contributed by atoms with Crippen molar-refractivity contribution in [2.45, 2.75) is 25.9 Å². The van der Waals surface area contributed by atoms with Gasteiger partial charge >= 0.3 is 5.97 Å². The Hall–Kier alpha value is -1.50. The maximum atomic E-state index is 14.0. The third kappa shape index (κ3) is 3.58. The molecular formula is C15H18FNO3S. The number of hydrogen-bond donors (Lipinski definition) is 2. The standard InChI is InChI=1S/C15H18FNO3S/c1-9(6-7-20-2)17-8-10-13-11(16)4-3-5-12(13)21-14(10)15(18)19/h3-5,9,17H,6-8H2,1-2H3,(H,18,19). The predicted octanol–water partition coefficient (Wildman–Crippen LogP) is 3.25. The SMILES string of the molecule is COCCC(C)NCc1c(C(=O)O)sc2cccc(F)c12. The van der Waals surface area contributed by atoms with E-state index >= 15 is 0 Å². The molecule has 2 rings (SSSR count). The lowest BCUT2D eigenvalue weighted by atomic mass is 10.1. The summed E-state index contributed by atoms with van der Waals surface area (Å²) in [6, 6.07) is 4.86. The van der Waals surface area contributed by atoms with Crippen molar-refractivity contribution < 1.29 is 19.0 Å². The third-order valence-corrected chi connectivity index (χ3v) is 4.53. The van der Waals surface area contributed by atoms with Crippen LogP contribution in [0.2, 0.25) is 0 Å². The summed E-state index contributed by atoms with van der Waals surface area (Å²) in [6.07, 6.45) is 0.809. The first kappa shape index (κ1) is 15.9. The second kappa shape index (κ2) is 6.98. The fourth-order valence-electron chi connectivity index (χ4n) is 2.18. The average Bonchev–Trinajstić information content (AvgIpc) is 2.83. The van der Waals surface area contributed by atoms with Gasteiger partial charge in [-0.1, -0.05) is 6.07 Å². The van der Waals surface area contributed by atoms with Gasteiger partial charge in [-0.15, -0.1) is 11.3 Å². The number of aromatic carboxylic acids is 1. The second-order valence-corrected chi connectivity index (χ2v) is 5.94. The molecule has 1 unspecified atom stereocenters. The molecule has 0 aliphatic carbocycles. The van der Waals surface area contributed by atoms with Gasteiger partial charge < -0.3 is 15.2 Å². The Bertz CT molecular complexity index is 641. The summed E-state index contributed by atoms with van der Waals surface area (Å²) in [5.41, 5.74) is 0.518. The zero-order valence-electron chi connectivity index (χ0n) is 12.0. The largest absolute Gasteiger partial charge is 0.477 e. The van der Waals surface area contributed by atoms with Gasteiger partial charge in [0, 0.05) is 42.0 Å².